The molecule has 27 heavy (non-hydrogen) atoms. The van der Waals surface area contributed by atoms with E-state index in [2.05, 4.69) is 34.1 Å². The Morgan fingerprint density at radius 2 is 2.33 bits per heavy atom. The molecule has 0 saturated carbocycles. The Bertz CT molecular complexity index is 653. The lowest BCUT2D eigenvalue weighted by atomic mass is 9.75. The van der Waals surface area contributed by atoms with Gasteiger partial charge in [-0.25, -0.2) is 4.79 Å². The minimum absolute atomic E-state index is 0.113. The van der Waals surface area contributed by atoms with Gasteiger partial charge in [0, 0.05) is 42.8 Å². The maximum atomic E-state index is 12.3. The Morgan fingerprint density at radius 1 is 1.48 bits per heavy atom. The van der Waals surface area contributed by atoms with Gasteiger partial charge in [-0.2, -0.15) is 0 Å². The lowest BCUT2D eigenvalue weighted by Gasteiger charge is -2.50. The number of rotatable bonds is 8. The number of likely N-dealkylation sites (N-methyl/N-ethyl adjacent to an activating group) is 1. The summed E-state index contributed by atoms with van der Waals surface area (Å²) in [6.45, 7) is 8.96. The monoisotopic (exact) mass is 388 g/mol. The summed E-state index contributed by atoms with van der Waals surface area (Å²) < 4.78 is 0. The molecule has 5 nitrogen and oxygen atoms in total. The van der Waals surface area contributed by atoms with Crippen LogP contribution in [0, 0.1) is 11.8 Å². The highest BCUT2D eigenvalue weighted by atomic mass is 32.2. The summed E-state index contributed by atoms with van der Waals surface area (Å²) in [5, 5.41) is 6.03. The number of carbonyl (C=O) groups is 1. The first-order valence-electron chi connectivity index (χ1n) is 9.81. The quantitative estimate of drug-likeness (QED) is 0.530. The number of amides is 2. The van der Waals surface area contributed by atoms with Crippen LogP contribution in [0.25, 0.3) is 0 Å². The summed E-state index contributed by atoms with van der Waals surface area (Å²) in [6, 6.07) is 8.29. The second-order valence-corrected chi connectivity index (χ2v) is 8.65. The average molecular weight is 389 g/mol. The highest BCUT2D eigenvalue weighted by Crippen LogP contribution is 2.36. The Kier molecular flexibility index (Phi) is 7.21. The van der Waals surface area contributed by atoms with Gasteiger partial charge in [-0.05, 0) is 62.7 Å². The Morgan fingerprint density at radius 3 is 3.04 bits per heavy atom. The molecule has 0 aromatic heterocycles. The maximum Gasteiger partial charge on any atom is 0.319 e. The molecule has 4 unspecified atom stereocenters. The van der Waals surface area contributed by atoms with E-state index in [0.717, 1.165) is 55.1 Å². The van der Waals surface area contributed by atoms with Crippen LogP contribution in [0.2, 0.25) is 0 Å². The van der Waals surface area contributed by atoms with E-state index in [1.54, 1.807) is 11.8 Å². The molecule has 3 heterocycles. The van der Waals surface area contributed by atoms with Crippen molar-refractivity contribution in [3.05, 3.63) is 36.9 Å². The number of hydrogen-bond donors (Lipinski definition) is 2. The number of nitrogens with zero attached hydrogens (tertiary/aromatic N) is 2. The summed E-state index contributed by atoms with van der Waals surface area (Å²) in [5.41, 5.74) is 0.843. The smallest absolute Gasteiger partial charge is 0.319 e. The number of hydrogen-bond acceptors (Lipinski definition) is 4. The van der Waals surface area contributed by atoms with E-state index >= 15 is 0 Å². The number of carbonyl (C=O) groups excluding carboxylic acids is 1. The highest BCUT2D eigenvalue weighted by Gasteiger charge is 2.40. The van der Waals surface area contributed by atoms with Crippen molar-refractivity contribution < 1.29 is 4.79 Å². The minimum atomic E-state index is -0.113. The summed E-state index contributed by atoms with van der Waals surface area (Å²) >= 11 is 1.67. The summed E-state index contributed by atoms with van der Waals surface area (Å²) in [7, 11) is 2.18. The normalized spacial score (nSPS) is 26.8. The van der Waals surface area contributed by atoms with Gasteiger partial charge in [0.25, 0.3) is 0 Å². The van der Waals surface area contributed by atoms with Gasteiger partial charge in [0.1, 0.15) is 0 Å². The van der Waals surface area contributed by atoms with Crippen LogP contribution in [0.1, 0.15) is 12.8 Å². The van der Waals surface area contributed by atoms with Crippen molar-refractivity contribution in [1.82, 2.24) is 15.1 Å². The molecule has 0 spiro atoms. The van der Waals surface area contributed by atoms with Crippen molar-refractivity contribution in [2.75, 3.05) is 51.3 Å². The molecule has 0 aliphatic carbocycles. The van der Waals surface area contributed by atoms with Crippen LogP contribution in [0.15, 0.2) is 41.8 Å². The van der Waals surface area contributed by atoms with Crippen LogP contribution in [0.3, 0.4) is 0 Å². The first-order chi connectivity index (χ1) is 13.1. The molecule has 1 aromatic carbocycles. The summed E-state index contributed by atoms with van der Waals surface area (Å²) in [5.74, 6) is 1.51. The van der Waals surface area contributed by atoms with Crippen molar-refractivity contribution in [1.29, 1.82) is 0 Å². The number of piperidine rings is 3. The van der Waals surface area contributed by atoms with Crippen LogP contribution in [-0.2, 0) is 0 Å². The SMILES string of the molecule is C=CCN(C)CC1CN2CCC1CC2CNC(=O)Nc1cccc(SC)c1. The Hall–Kier alpha value is -1.50. The lowest BCUT2D eigenvalue weighted by Crippen LogP contribution is -2.58. The van der Waals surface area contributed by atoms with Crippen molar-refractivity contribution in [3.8, 4) is 0 Å². The fraction of sp³-hybridized carbons (Fsp3) is 0.571. The Labute approximate surface area is 167 Å². The molecule has 3 aliphatic rings. The van der Waals surface area contributed by atoms with Crippen LogP contribution < -0.4 is 10.6 Å². The van der Waals surface area contributed by atoms with Crippen LogP contribution in [0.5, 0.6) is 0 Å². The van der Waals surface area contributed by atoms with Crippen LogP contribution in [-0.4, -0.2) is 67.9 Å². The molecule has 3 fully saturated rings. The van der Waals surface area contributed by atoms with Gasteiger partial charge in [0.2, 0.25) is 0 Å². The number of anilines is 1. The molecular formula is C21H32N4OS. The fourth-order valence-corrected chi connectivity index (χ4v) is 4.91. The standard InChI is InChI=1S/C21H32N4OS/c1-4-9-24(2)14-17-15-25-10-8-16(17)11-19(25)13-22-21(26)23-18-6-5-7-20(12-18)27-3/h4-7,12,16-17,19H,1,8-11,13-15H2,2-3H3,(H2,22,23,26). The van der Waals surface area contributed by atoms with E-state index in [9.17, 15) is 4.79 Å². The van der Waals surface area contributed by atoms with E-state index in [4.69, 9.17) is 0 Å². The molecule has 3 saturated heterocycles. The van der Waals surface area contributed by atoms with Crippen molar-refractivity contribution in [3.63, 3.8) is 0 Å². The zero-order chi connectivity index (χ0) is 19.2. The molecule has 3 aliphatic heterocycles. The Balaban J connectivity index is 1.45. The fourth-order valence-electron chi connectivity index (χ4n) is 4.45. The van der Waals surface area contributed by atoms with Gasteiger partial charge in [-0.15, -0.1) is 18.3 Å². The average Bonchev–Trinajstić information content (AvgIpc) is 2.67. The number of thioether (sulfide) groups is 1. The molecule has 4 rings (SSSR count). The topological polar surface area (TPSA) is 47.6 Å². The number of urea groups is 1. The minimum Gasteiger partial charge on any atom is -0.336 e. The van der Waals surface area contributed by atoms with E-state index in [1.807, 2.05) is 36.6 Å². The zero-order valence-corrected chi connectivity index (χ0v) is 17.3. The predicted octanol–water partition coefficient (Wildman–Crippen LogP) is 3.36. The van der Waals surface area contributed by atoms with Crippen molar-refractivity contribution in [2.24, 2.45) is 11.8 Å². The number of benzene rings is 1. The maximum absolute atomic E-state index is 12.3. The molecule has 2 N–H and O–H groups in total. The summed E-state index contributed by atoms with van der Waals surface area (Å²) in [6.07, 6.45) is 6.49. The van der Waals surface area contributed by atoms with Gasteiger partial charge in [-0.1, -0.05) is 12.1 Å². The van der Waals surface area contributed by atoms with E-state index in [0.29, 0.717) is 6.04 Å². The van der Waals surface area contributed by atoms with Crippen molar-refractivity contribution in [2.45, 2.75) is 23.8 Å². The molecule has 2 bridgehead atoms. The summed E-state index contributed by atoms with van der Waals surface area (Å²) in [4.78, 5) is 18.4. The van der Waals surface area contributed by atoms with Crippen LogP contribution in [0.4, 0.5) is 10.5 Å². The first kappa shape index (κ1) is 20.2. The number of fused-ring (bicyclic) bond motifs is 3. The van der Waals surface area contributed by atoms with E-state index < -0.39 is 0 Å². The molecule has 148 valence electrons. The van der Waals surface area contributed by atoms with Crippen LogP contribution >= 0.6 is 11.8 Å². The van der Waals surface area contributed by atoms with Gasteiger partial charge < -0.3 is 15.5 Å². The molecule has 2 amide bonds. The highest BCUT2D eigenvalue weighted by molar-refractivity contribution is 7.98. The molecule has 6 heteroatoms. The third kappa shape index (κ3) is 5.50. The third-order valence-electron chi connectivity index (χ3n) is 5.83. The van der Waals surface area contributed by atoms with Gasteiger partial charge >= 0.3 is 6.03 Å². The molecular weight excluding hydrogens is 356 g/mol. The zero-order valence-electron chi connectivity index (χ0n) is 16.5. The first-order valence-corrected chi connectivity index (χ1v) is 11.0. The van der Waals surface area contributed by atoms with E-state index in [-0.39, 0.29) is 6.03 Å². The van der Waals surface area contributed by atoms with Gasteiger partial charge in [0.05, 0.1) is 0 Å². The largest absolute Gasteiger partial charge is 0.336 e. The third-order valence-corrected chi connectivity index (χ3v) is 6.55. The lowest BCUT2D eigenvalue weighted by molar-refractivity contribution is -0.00709. The predicted molar refractivity (Wildman–Crippen MR) is 115 cm³/mol. The molecule has 0 radical (unpaired) electrons. The van der Waals surface area contributed by atoms with Gasteiger partial charge in [0.15, 0.2) is 0 Å². The molecule has 1 aromatic rings. The van der Waals surface area contributed by atoms with Crippen molar-refractivity contribution >= 4 is 23.5 Å². The second-order valence-electron chi connectivity index (χ2n) is 7.77. The number of nitrogens with one attached hydrogen (secondary N) is 2. The van der Waals surface area contributed by atoms with E-state index in [1.165, 1.54) is 12.8 Å². The molecule has 4 atom stereocenters. The van der Waals surface area contributed by atoms with Gasteiger partial charge in [-0.3, -0.25) is 4.90 Å². The second kappa shape index (κ2) is 9.62.